The first-order chi connectivity index (χ1) is 7.52. The lowest BCUT2D eigenvalue weighted by molar-refractivity contribution is -0.385. The summed E-state index contributed by atoms with van der Waals surface area (Å²) < 4.78 is 4.74. The number of benzene rings is 1. The SMILES string of the molecule is COc1c([N+](=O)[O-])ccc(C(=O)Cl)c1C#N. The molecule has 0 aliphatic heterocycles. The molecule has 0 aliphatic rings. The number of nitriles is 1. The maximum Gasteiger partial charge on any atom is 0.312 e. The molecule has 0 bridgehead atoms. The standard InChI is InChI=1S/C9H5ClN2O4/c1-16-8-6(4-11)5(9(10)13)2-3-7(8)12(14)15/h2-3H,1H3. The molecule has 0 radical (unpaired) electrons. The highest BCUT2D eigenvalue weighted by Crippen LogP contribution is 2.33. The topological polar surface area (TPSA) is 93.2 Å². The molecule has 0 unspecified atom stereocenters. The maximum atomic E-state index is 11.0. The van der Waals surface area contributed by atoms with E-state index in [1.807, 2.05) is 0 Å². The summed E-state index contributed by atoms with van der Waals surface area (Å²) in [6, 6.07) is 3.84. The molecule has 7 heteroatoms. The molecule has 0 saturated heterocycles. The summed E-state index contributed by atoms with van der Waals surface area (Å²) in [6.45, 7) is 0. The zero-order valence-corrected chi connectivity index (χ0v) is 8.82. The molecule has 0 spiro atoms. The smallest absolute Gasteiger partial charge is 0.312 e. The predicted octanol–water partition coefficient (Wildman–Crippen LogP) is 1.85. The Labute approximate surface area is 95.2 Å². The van der Waals surface area contributed by atoms with Gasteiger partial charge in [0.15, 0.2) is 0 Å². The van der Waals surface area contributed by atoms with Crippen molar-refractivity contribution in [3.8, 4) is 11.8 Å². The molecule has 6 nitrogen and oxygen atoms in total. The van der Waals surface area contributed by atoms with E-state index in [1.54, 1.807) is 6.07 Å². The lowest BCUT2D eigenvalue weighted by atomic mass is 10.1. The highest BCUT2D eigenvalue weighted by molar-refractivity contribution is 6.68. The van der Waals surface area contributed by atoms with E-state index in [4.69, 9.17) is 21.6 Å². The van der Waals surface area contributed by atoms with Gasteiger partial charge in [-0.3, -0.25) is 14.9 Å². The van der Waals surface area contributed by atoms with Crippen molar-refractivity contribution in [3.63, 3.8) is 0 Å². The third-order valence-electron chi connectivity index (χ3n) is 1.86. The largest absolute Gasteiger partial charge is 0.489 e. The van der Waals surface area contributed by atoms with Crippen molar-refractivity contribution in [2.24, 2.45) is 0 Å². The Morgan fingerprint density at radius 2 is 2.25 bits per heavy atom. The van der Waals surface area contributed by atoms with Crippen LogP contribution in [0.15, 0.2) is 12.1 Å². The van der Waals surface area contributed by atoms with Gasteiger partial charge < -0.3 is 4.74 Å². The van der Waals surface area contributed by atoms with Crippen LogP contribution in [0.1, 0.15) is 15.9 Å². The van der Waals surface area contributed by atoms with Crippen molar-refractivity contribution in [2.45, 2.75) is 0 Å². The molecule has 0 atom stereocenters. The molecule has 0 fully saturated rings. The fourth-order valence-electron chi connectivity index (χ4n) is 1.20. The van der Waals surface area contributed by atoms with Gasteiger partial charge in [0.05, 0.1) is 17.6 Å². The highest BCUT2D eigenvalue weighted by atomic mass is 35.5. The molecule has 82 valence electrons. The number of methoxy groups -OCH3 is 1. The monoisotopic (exact) mass is 240 g/mol. The van der Waals surface area contributed by atoms with E-state index >= 15 is 0 Å². The number of hydrogen-bond acceptors (Lipinski definition) is 5. The molecule has 1 rings (SSSR count). The average Bonchev–Trinajstić information content (AvgIpc) is 2.26. The van der Waals surface area contributed by atoms with Crippen molar-refractivity contribution in [3.05, 3.63) is 33.4 Å². The third kappa shape index (κ3) is 1.94. The second-order valence-corrected chi connectivity index (χ2v) is 3.03. The molecule has 0 amide bonds. The molecule has 0 aromatic heterocycles. The van der Waals surface area contributed by atoms with Gasteiger partial charge in [0.2, 0.25) is 5.75 Å². The fourth-order valence-corrected chi connectivity index (χ4v) is 1.35. The fraction of sp³-hybridized carbons (Fsp3) is 0.111. The van der Waals surface area contributed by atoms with Crippen LogP contribution in [0.3, 0.4) is 0 Å². The molecule has 0 heterocycles. The minimum atomic E-state index is -0.871. The van der Waals surface area contributed by atoms with Gasteiger partial charge in [0.1, 0.15) is 11.6 Å². The Balaban J connectivity index is 3.60. The zero-order valence-electron chi connectivity index (χ0n) is 8.06. The van der Waals surface area contributed by atoms with Gasteiger partial charge in [-0.15, -0.1) is 0 Å². The molecule has 0 N–H and O–H groups in total. The van der Waals surface area contributed by atoms with Gasteiger partial charge in [-0.05, 0) is 17.7 Å². The number of halogens is 1. The maximum absolute atomic E-state index is 11.0. The van der Waals surface area contributed by atoms with E-state index in [1.165, 1.54) is 7.11 Å². The van der Waals surface area contributed by atoms with Crippen molar-refractivity contribution in [2.75, 3.05) is 7.11 Å². The Bertz CT molecular complexity index is 507. The van der Waals surface area contributed by atoms with Crippen molar-refractivity contribution < 1.29 is 14.5 Å². The van der Waals surface area contributed by atoms with Gasteiger partial charge in [0, 0.05) is 6.07 Å². The van der Waals surface area contributed by atoms with Gasteiger partial charge in [-0.25, -0.2) is 0 Å². The lowest BCUT2D eigenvalue weighted by Crippen LogP contribution is -2.01. The van der Waals surface area contributed by atoms with Gasteiger partial charge in [0.25, 0.3) is 5.24 Å². The van der Waals surface area contributed by atoms with Crippen LogP contribution in [0, 0.1) is 21.4 Å². The number of hydrogen-bond donors (Lipinski definition) is 0. The first-order valence-corrected chi connectivity index (χ1v) is 4.36. The van der Waals surface area contributed by atoms with Crippen molar-refractivity contribution in [1.29, 1.82) is 5.26 Å². The number of carbonyl (C=O) groups excluding carboxylic acids is 1. The van der Waals surface area contributed by atoms with E-state index in [0.29, 0.717) is 0 Å². The summed E-state index contributed by atoms with van der Waals surface area (Å²) in [5, 5.41) is 18.6. The van der Waals surface area contributed by atoms with Crippen LogP contribution in [0.25, 0.3) is 0 Å². The van der Waals surface area contributed by atoms with Crippen molar-refractivity contribution >= 4 is 22.5 Å². The van der Waals surface area contributed by atoms with Gasteiger partial charge >= 0.3 is 5.69 Å². The molecule has 1 aromatic rings. The summed E-state index contributed by atoms with van der Waals surface area (Å²) >= 11 is 5.23. The minimum Gasteiger partial charge on any atom is -0.489 e. The molecular formula is C9H5ClN2O4. The Hall–Kier alpha value is -2.13. The molecule has 0 saturated carbocycles. The summed E-state index contributed by atoms with van der Waals surface area (Å²) in [5.41, 5.74) is -0.746. The number of nitrogens with zero attached hydrogens (tertiary/aromatic N) is 2. The van der Waals surface area contributed by atoms with Gasteiger partial charge in [-0.1, -0.05) is 0 Å². The number of ether oxygens (including phenoxy) is 1. The Morgan fingerprint density at radius 1 is 1.62 bits per heavy atom. The molecule has 0 aliphatic carbocycles. The van der Waals surface area contributed by atoms with Crippen LogP contribution >= 0.6 is 11.6 Å². The van der Waals surface area contributed by atoms with E-state index in [9.17, 15) is 14.9 Å². The molecule has 1 aromatic carbocycles. The number of rotatable bonds is 3. The normalized spacial score (nSPS) is 9.31. The van der Waals surface area contributed by atoms with E-state index in [0.717, 1.165) is 12.1 Å². The molecular weight excluding hydrogens is 236 g/mol. The minimum absolute atomic E-state index is 0.119. The summed E-state index contributed by atoms with van der Waals surface area (Å²) in [4.78, 5) is 20.9. The highest BCUT2D eigenvalue weighted by Gasteiger charge is 2.23. The summed E-state index contributed by atoms with van der Waals surface area (Å²) in [6.07, 6.45) is 0. The zero-order chi connectivity index (χ0) is 12.3. The van der Waals surface area contributed by atoms with Crippen molar-refractivity contribution in [1.82, 2.24) is 0 Å². The number of carbonyl (C=O) groups is 1. The second kappa shape index (κ2) is 4.59. The quantitative estimate of drug-likeness (QED) is 0.457. The van der Waals surface area contributed by atoms with Crippen LogP contribution in [0.2, 0.25) is 0 Å². The van der Waals surface area contributed by atoms with E-state index in [-0.39, 0.29) is 22.6 Å². The number of nitro groups is 1. The van der Waals surface area contributed by atoms with Crippen LogP contribution in [-0.2, 0) is 0 Å². The predicted molar refractivity (Wildman–Crippen MR) is 54.5 cm³/mol. The second-order valence-electron chi connectivity index (χ2n) is 2.68. The Morgan fingerprint density at radius 3 is 2.62 bits per heavy atom. The van der Waals surface area contributed by atoms with E-state index < -0.39 is 10.2 Å². The number of nitro benzene ring substituents is 1. The van der Waals surface area contributed by atoms with Gasteiger partial charge in [-0.2, -0.15) is 5.26 Å². The van der Waals surface area contributed by atoms with Crippen LogP contribution < -0.4 is 4.74 Å². The van der Waals surface area contributed by atoms with Crippen LogP contribution in [0.5, 0.6) is 5.75 Å². The lowest BCUT2D eigenvalue weighted by Gasteiger charge is -2.05. The average molecular weight is 241 g/mol. The first-order valence-electron chi connectivity index (χ1n) is 3.98. The molecule has 16 heavy (non-hydrogen) atoms. The van der Waals surface area contributed by atoms with Crippen LogP contribution in [0.4, 0.5) is 5.69 Å². The summed E-state index contributed by atoms with van der Waals surface area (Å²) in [7, 11) is 1.17. The van der Waals surface area contributed by atoms with Crippen LogP contribution in [-0.4, -0.2) is 17.3 Å². The third-order valence-corrected chi connectivity index (χ3v) is 2.06. The Kier molecular flexibility index (Phi) is 3.43. The first kappa shape index (κ1) is 11.9. The van der Waals surface area contributed by atoms with E-state index in [2.05, 4.69) is 0 Å². The summed E-state index contributed by atoms with van der Waals surface area (Å²) in [5.74, 6) is -0.265.